The Hall–Kier alpha value is -1.08. The van der Waals surface area contributed by atoms with Gasteiger partial charge in [0, 0.05) is 5.33 Å². The van der Waals surface area contributed by atoms with Crippen molar-refractivity contribution in [3.63, 3.8) is 0 Å². The Morgan fingerprint density at radius 3 is 0.935 bits per heavy atom. The predicted octanol–water partition coefficient (Wildman–Crippen LogP) is 11.0. The van der Waals surface area contributed by atoms with Crippen LogP contribution in [0.5, 0.6) is 0 Å². The predicted molar refractivity (Wildman–Crippen MR) is 148 cm³/mol. The first-order chi connectivity index (χ1) is 14.7. The SMILES string of the molecule is CC(C)=CCC/C(C)=C/CC/C(C)=C/CC/C(C)=C/CC/C(C)=C/CC/C(C)=C/CBr. The van der Waals surface area contributed by atoms with E-state index in [2.05, 4.69) is 101 Å². The van der Waals surface area contributed by atoms with Gasteiger partial charge in [0.2, 0.25) is 0 Å². The molecule has 0 N–H and O–H groups in total. The topological polar surface area (TPSA) is 0 Å². The third-order valence-electron chi connectivity index (χ3n) is 5.64. The normalized spacial score (nSPS) is 14.3. The van der Waals surface area contributed by atoms with Crippen molar-refractivity contribution in [2.75, 3.05) is 5.33 Å². The molecule has 0 fully saturated rings. The molecule has 0 amide bonds. The van der Waals surface area contributed by atoms with Gasteiger partial charge in [-0.25, -0.2) is 0 Å². The molecule has 0 saturated heterocycles. The summed E-state index contributed by atoms with van der Waals surface area (Å²) >= 11 is 3.47. The second-order valence-corrected chi connectivity index (χ2v) is 10.0. The molecule has 0 aliphatic heterocycles. The van der Waals surface area contributed by atoms with E-state index in [4.69, 9.17) is 0 Å². The van der Waals surface area contributed by atoms with Crippen LogP contribution in [0.4, 0.5) is 0 Å². The van der Waals surface area contributed by atoms with Crippen LogP contribution in [-0.4, -0.2) is 5.33 Å². The highest BCUT2D eigenvalue weighted by atomic mass is 79.9. The average molecular weight is 490 g/mol. The molecule has 0 unspecified atom stereocenters. The van der Waals surface area contributed by atoms with E-state index in [9.17, 15) is 0 Å². The molecule has 0 aromatic rings. The van der Waals surface area contributed by atoms with E-state index in [1.807, 2.05) is 0 Å². The molecule has 1 heteroatoms. The third kappa shape index (κ3) is 20.6. The highest BCUT2D eigenvalue weighted by Gasteiger charge is 1.95. The van der Waals surface area contributed by atoms with E-state index in [1.54, 1.807) is 0 Å². The highest BCUT2D eigenvalue weighted by molar-refractivity contribution is 9.09. The number of hydrogen-bond donors (Lipinski definition) is 0. The van der Waals surface area contributed by atoms with Crippen molar-refractivity contribution in [3.8, 4) is 0 Å². The molecular formula is C30H49Br. The zero-order valence-electron chi connectivity index (χ0n) is 21.6. The van der Waals surface area contributed by atoms with Crippen molar-refractivity contribution in [2.45, 2.75) is 113 Å². The summed E-state index contributed by atoms with van der Waals surface area (Å²) in [5.74, 6) is 0. The van der Waals surface area contributed by atoms with Gasteiger partial charge >= 0.3 is 0 Å². The van der Waals surface area contributed by atoms with Crippen molar-refractivity contribution in [1.82, 2.24) is 0 Å². The van der Waals surface area contributed by atoms with Gasteiger partial charge < -0.3 is 0 Å². The zero-order chi connectivity index (χ0) is 23.5. The molecule has 0 spiro atoms. The largest absolute Gasteiger partial charge is 0.0883 e. The van der Waals surface area contributed by atoms with Gasteiger partial charge in [0.15, 0.2) is 0 Å². The fraction of sp³-hybridized carbons (Fsp3) is 0.600. The number of allylic oxidation sites excluding steroid dienone is 12. The summed E-state index contributed by atoms with van der Waals surface area (Å²) in [6.07, 6.45) is 26.1. The molecule has 0 heterocycles. The van der Waals surface area contributed by atoms with E-state index in [0.717, 1.165) is 11.8 Å². The maximum absolute atomic E-state index is 3.47. The number of halogens is 1. The standard InChI is InChI=1S/C30H49Br/c1-25(2)13-8-14-26(3)15-9-16-27(4)17-10-18-28(5)19-11-20-29(6)21-12-22-30(7)23-24-31/h13,15,17,19,21,23H,8-12,14,16,18,20,22,24H2,1-7H3/b26-15+,27-17+,28-19+,29-21+,30-23+. The molecule has 0 aromatic carbocycles. The molecule has 0 nitrogen and oxygen atoms in total. The molecule has 0 rings (SSSR count). The van der Waals surface area contributed by atoms with Crippen molar-refractivity contribution >= 4 is 15.9 Å². The van der Waals surface area contributed by atoms with E-state index >= 15 is 0 Å². The summed E-state index contributed by atoms with van der Waals surface area (Å²) in [5, 5.41) is 0.966. The van der Waals surface area contributed by atoms with E-state index < -0.39 is 0 Å². The maximum atomic E-state index is 3.47. The molecule has 0 atom stereocenters. The van der Waals surface area contributed by atoms with Gasteiger partial charge in [0.05, 0.1) is 0 Å². The summed E-state index contributed by atoms with van der Waals surface area (Å²) < 4.78 is 0. The van der Waals surface area contributed by atoms with E-state index in [-0.39, 0.29) is 0 Å². The molecular weight excluding hydrogens is 440 g/mol. The highest BCUT2D eigenvalue weighted by Crippen LogP contribution is 2.15. The number of rotatable bonds is 16. The minimum Gasteiger partial charge on any atom is -0.0883 e. The molecule has 176 valence electrons. The molecule has 31 heavy (non-hydrogen) atoms. The van der Waals surface area contributed by atoms with Gasteiger partial charge in [-0.2, -0.15) is 0 Å². The second kappa shape index (κ2) is 19.6. The minimum atomic E-state index is 0.966. The zero-order valence-corrected chi connectivity index (χ0v) is 23.2. The summed E-state index contributed by atoms with van der Waals surface area (Å²) in [6.45, 7) is 15.7. The van der Waals surface area contributed by atoms with Crippen LogP contribution in [0, 0.1) is 0 Å². The first-order valence-corrected chi connectivity index (χ1v) is 13.3. The van der Waals surface area contributed by atoms with Gasteiger partial charge in [0.25, 0.3) is 0 Å². The van der Waals surface area contributed by atoms with E-state index in [1.165, 1.54) is 91.2 Å². The first kappa shape index (κ1) is 29.9. The summed E-state index contributed by atoms with van der Waals surface area (Å²) in [4.78, 5) is 0. The van der Waals surface area contributed by atoms with Crippen LogP contribution >= 0.6 is 15.9 Å². The summed E-state index contributed by atoms with van der Waals surface area (Å²) in [7, 11) is 0. The Kier molecular flexibility index (Phi) is 18.9. The average Bonchev–Trinajstić information content (AvgIpc) is 2.68. The van der Waals surface area contributed by atoms with Gasteiger partial charge in [0.1, 0.15) is 0 Å². The van der Waals surface area contributed by atoms with Crippen LogP contribution in [0.1, 0.15) is 113 Å². The van der Waals surface area contributed by atoms with Crippen molar-refractivity contribution in [1.29, 1.82) is 0 Å². The molecule has 0 bridgehead atoms. The Labute approximate surface area is 203 Å². The lowest BCUT2D eigenvalue weighted by Gasteiger charge is -2.03. The van der Waals surface area contributed by atoms with Gasteiger partial charge in [-0.1, -0.05) is 85.8 Å². The summed E-state index contributed by atoms with van der Waals surface area (Å²) in [6, 6.07) is 0. The van der Waals surface area contributed by atoms with Gasteiger partial charge in [-0.15, -0.1) is 0 Å². The van der Waals surface area contributed by atoms with Gasteiger partial charge in [-0.05, 0) is 113 Å². The van der Waals surface area contributed by atoms with Crippen molar-refractivity contribution in [2.24, 2.45) is 0 Å². The lowest BCUT2D eigenvalue weighted by molar-refractivity contribution is 0.886. The van der Waals surface area contributed by atoms with Crippen LogP contribution in [0.2, 0.25) is 0 Å². The Morgan fingerprint density at radius 2 is 0.677 bits per heavy atom. The van der Waals surface area contributed by atoms with E-state index in [0.29, 0.717) is 0 Å². The van der Waals surface area contributed by atoms with Crippen LogP contribution in [0.15, 0.2) is 69.9 Å². The fourth-order valence-corrected chi connectivity index (χ4v) is 3.97. The monoisotopic (exact) mass is 488 g/mol. The minimum absolute atomic E-state index is 0.966. The number of alkyl halides is 1. The van der Waals surface area contributed by atoms with Crippen LogP contribution in [-0.2, 0) is 0 Å². The molecule has 0 aliphatic carbocycles. The van der Waals surface area contributed by atoms with Crippen LogP contribution in [0.3, 0.4) is 0 Å². The summed E-state index contributed by atoms with van der Waals surface area (Å²) in [5.41, 5.74) is 9.01. The Morgan fingerprint density at radius 1 is 0.419 bits per heavy atom. The van der Waals surface area contributed by atoms with Crippen LogP contribution in [0.25, 0.3) is 0 Å². The number of hydrogen-bond acceptors (Lipinski definition) is 0. The Balaban J connectivity index is 4.09. The Bertz CT molecular complexity index is 661. The molecule has 0 radical (unpaired) electrons. The fourth-order valence-electron chi connectivity index (χ4n) is 3.42. The van der Waals surface area contributed by atoms with Gasteiger partial charge in [-0.3, -0.25) is 0 Å². The van der Waals surface area contributed by atoms with Crippen LogP contribution < -0.4 is 0 Å². The smallest absolute Gasteiger partial charge is 0.0214 e. The lowest BCUT2D eigenvalue weighted by atomic mass is 10.0. The second-order valence-electron chi connectivity index (χ2n) is 9.38. The molecule has 0 saturated carbocycles. The lowest BCUT2D eigenvalue weighted by Crippen LogP contribution is -1.83. The van der Waals surface area contributed by atoms with Crippen molar-refractivity contribution < 1.29 is 0 Å². The molecule has 0 aliphatic rings. The third-order valence-corrected chi connectivity index (χ3v) is 5.97. The maximum Gasteiger partial charge on any atom is 0.0214 e. The quantitative estimate of drug-likeness (QED) is 0.149. The van der Waals surface area contributed by atoms with Crippen molar-refractivity contribution in [3.05, 3.63) is 69.9 Å². The first-order valence-electron chi connectivity index (χ1n) is 12.2. The molecule has 0 aromatic heterocycles.